The predicted octanol–water partition coefficient (Wildman–Crippen LogP) is 1.84. The summed E-state index contributed by atoms with van der Waals surface area (Å²) >= 11 is 0. The second kappa shape index (κ2) is 7.29. The Kier molecular flexibility index (Phi) is 5.41. The second-order valence-corrected chi connectivity index (χ2v) is 5.18. The Morgan fingerprint density at radius 3 is 3.00 bits per heavy atom. The van der Waals surface area contributed by atoms with Crippen molar-refractivity contribution < 1.29 is 9.53 Å². The Balaban J connectivity index is 1.92. The average Bonchev–Trinajstić information content (AvgIpc) is 2.47. The number of para-hydroxylation sites is 1. The Morgan fingerprint density at radius 2 is 2.25 bits per heavy atom. The molecule has 0 bridgehead atoms. The van der Waals surface area contributed by atoms with E-state index in [0.29, 0.717) is 19.1 Å². The zero-order valence-electron chi connectivity index (χ0n) is 12.4. The van der Waals surface area contributed by atoms with E-state index in [-0.39, 0.29) is 5.91 Å². The standard InChI is InChI=1S/C16H24N2O2/c1-3-20-15-7-5-4-6-14(15)8-9-16(19)18-11-10-17-12-13(18)2/h4-7,13,17H,3,8-12H2,1-2H3. The highest BCUT2D eigenvalue weighted by molar-refractivity contribution is 5.77. The van der Waals surface area contributed by atoms with E-state index >= 15 is 0 Å². The molecule has 1 heterocycles. The van der Waals surface area contributed by atoms with Gasteiger partial charge in [0.2, 0.25) is 5.91 Å². The molecule has 1 amide bonds. The van der Waals surface area contributed by atoms with Gasteiger partial charge >= 0.3 is 0 Å². The van der Waals surface area contributed by atoms with Gasteiger partial charge in [-0.3, -0.25) is 4.79 Å². The lowest BCUT2D eigenvalue weighted by Crippen LogP contribution is -2.52. The van der Waals surface area contributed by atoms with Crippen molar-refractivity contribution in [1.29, 1.82) is 0 Å². The van der Waals surface area contributed by atoms with Crippen LogP contribution in [-0.2, 0) is 11.2 Å². The van der Waals surface area contributed by atoms with Crippen LogP contribution in [0.5, 0.6) is 5.75 Å². The number of carbonyl (C=O) groups is 1. The summed E-state index contributed by atoms with van der Waals surface area (Å²) in [5.41, 5.74) is 1.12. The van der Waals surface area contributed by atoms with Crippen LogP contribution in [0.15, 0.2) is 24.3 Å². The molecule has 0 radical (unpaired) electrons. The van der Waals surface area contributed by atoms with E-state index in [2.05, 4.69) is 12.2 Å². The topological polar surface area (TPSA) is 41.6 Å². The van der Waals surface area contributed by atoms with E-state index < -0.39 is 0 Å². The average molecular weight is 276 g/mol. The fourth-order valence-corrected chi connectivity index (χ4v) is 2.60. The highest BCUT2D eigenvalue weighted by Gasteiger charge is 2.22. The Hall–Kier alpha value is -1.55. The molecule has 0 aliphatic carbocycles. The molecule has 20 heavy (non-hydrogen) atoms. The number of nitrogens with zero attached hydrogens (tertiary/aromatic N) is 1. The van der Waals surface area contributed by atoms with Gasteiger partial charge in [0.25, 0.3) is 0 Å². The number of piperazine rings is 1. The van der Waals surface area contributed by atoms with Gasteiger partial charge in [-0.1, -0.05) is 18.2 Å². The monoisotopic (exact) mass is 276 g/mol. The van der Waals surface area contributed by atoms with Crippen molar-refractivity contribution in [2.75, 3.05) is 26.2 Å². The van der Waals surface area contributed by atoms with Crippen molar-refractivity contribution in [1.82, 2.24) is 10.2 Å². The van der Waals surface area contributed by atoms with Gasteiger partial charge in [0, 0.05) is 32.1 Å². The number of benzene rings is 1. The first-order valence-electron chi connectivity index (χ1n) is 7.43. The van der Waals surface area contributed by atoms with Crippen LogP contribution in [0.4, 0.5) is 0 Å². The van der Waals surface area contributed by atoms with Crippen LogP contribution in [0.25, 0.3) is 0 Å². The van der Waals surface area contributed by atoms with Crippen LogP contribution in [-0.4, -0.2) is 43.1 Å². The molecule has 0 saturated carbocycles. The molecule has 0 spiro atoms. The molecule has 0 aromatic heterocycles. The molecule has 2 rings (SSSR count). The Morgan fingerprint density at radius 1 is 1.45 bits per heavy atom. The zero-order valence-corrected chi connectivity index (χ0v) is 12.4. The number of hydrogen-bond donors (Lipinski definition) is 1. The minimum Gasteiger partial charge on any atom is -0.494 e. The van der Waals surface area contributed by atoms with E-state index in [4.69, 9.17) is 4.74 Å². The highest BCUT2D eigenvalue weighted by atomic mass is 16.5. The van der Waals surface area contributed by atoms with Gasteiger partial charge in [0.1, 0.15) is 5.75 Å². The maximum atomic E-state index is 12.3. The molecule has 110 valence electrons. The van der Waals surface area contributed by atoms with E-state index in [0.717, 1.165) is 37.4 Å². The van der Waals surface area contributed by atoms with Gasteiger partial charge in [0.15, 0.2) is 0 Å². The summed E-state index contributed by atoms with van der Waals surface area (Å²) in [6.07, 6.45) is 1.29. The van der Waals surface area contributed by atoms with Crippen LogP contribution >= 0.6 is 0 Å². The van der Waals surface area contributed by atoms with E-state index in [1.165, 1.54) is 0 Å². The molecule has 1 aromatic carbocycles. The maximum Gasteiger partial charge on any atom is 0.223 e. The smallest absolute Gasteiger partial charge is 0.223 e. The molecule has 1 N–H and O–H groups in total. The summed E-state index contributed by atoms with van der Waals surface area (Å²) in [5, 5.41) is 3.31. The number of aryl methyl sites for hydroxylation is 1. The van der Waals surface area contributed by atoms with Crippen molar-refractivity contribution in [3.63, 3.8) is 0 Å². The molecule has 1 fully saturated rings. The molecular formula is C16H24N2O2. The molecule has 1 aromatic rings. The lowest BCUT2D eigenvalue weighted by Gasteiger charge is -2.34. The number of nitrogens with one attached hydrogen (secondary N) is 1. The van der Waals surface area contributed by atoms with Crippen molar-refractivity contribution in [2.45, 2.75) is 32.7 Å². The predicted molar refractivity (Wildman–Crippen MR) is 80.0 cm³/mol. The molecule has 1 atom stereocenters. The number of hydrogen-bond acceptors (Lipinski definition) is 3. The first-order valence-corrected chi connectivity index (χ1v) is 7.43. The number of ether oxygens (including phenoxy) is 1. The molecular weight excluding hydrogens is 252 g/mol. The molecule has 4 nitrogen and oxygen atoms in total. The van der Waals surface area contributed by atoms with Gasteiger partial charge < -0.3 is 15.0 Å². The van der Waals surface area contributed by atoms with E-state index in [9.17, 15) is 4.79 Å². The van der Waals surface area contributed by atoms with Gasteiger partial charge in [0.05, 0.1) is 6.61 Å². The van der Waals surface area contributed by atoms with Gasteiger partial charge in [-0.15, -0.1) is 0 Å². The van der Waals surface area contributed by atoms with Crippen LogP contribution in [0.3, 0.4) is 0 Å². The van der Waals surface area contributed by atoms with Crippen LogP contribution < -0.4 is 10.1 Å². The first-order chi connectivity index (χ1) is 9.72. The van der Waals surface area contributed by atoms with Crippen molar-refractivity contribution in [3.8, 4) is 5.75 Å². The lowest BCUT2D eigenvalue weighted by atomic mass is 10.1. The lowest BCUT2D eigenvalue weighted by molar-refractivity contribution is -0.133. The third kappa shape index (κ3) is 3.73. The summed E-state index contributed by atoms with van der Waals surface area (Å²) in [5.74, 6) is 1.14. The summed E-state index contributed by atoms with van der Waals surface area (Å²) in [4.78, 5) is 14.3. The SMILES string of the molecule is CCOc1ccccc1CCC(=O)N1CCNCC1C. The Labute approximate surface area is 121 Å². The van der Waals surface area contributed by atoms with Gasteiger partial charge in [-0.2, -0.15) is 0 Å². The summed E-state index contributed by atoms with van der Waals surface area (Å²) in [6, 6.07) is 8.26. The van der Waals surface area contributed by atoms with Gasteiger partial charge in [-0.05, 0) is 31.9 Å². The van der Waals surface area contributed by atoms with Crippen molar-refractivity contribution in [2.24, 2.45) is 0 Å². The largest absolute Gasteiger partial charge is 0.494 e. The molecule has 4 heteroatoms. The third-order valence-electron chi connectivity index (χ3n) is 3.70. The van der Waals surface area contributed by atoms with Crippen LogP contribution in [0.1, 0.15) is 25.8 Å². The molecule has 1 aliphatic heterocycles. The fraction of sp³-hybridized carbons (Fsp3) is 0.562. The number of amides is 1. The molecule has 1 saturated heterocycles. The minimum atomic E-state index is 0.241. The first kappa shape index (κ1) is 14.9. The summed E-state index contributed by atoms with van der Waals surface area (Å²) < 4.78 is 5.60. The highest BCUT2D eigenvalue weighted by Crippen LogP contribution is 2.20. The summed E-state index contributed by atoms with van der Waals surface area (Å²) in [6.45, 7) is 7.32. The zero-order chi connectivity index (χ0) is 14.4. The second-order valence-electron chi connectivity index (χ2n) is 5.18. The minimum absolute atomic E-state index is 0.241. The van der Waals surface area contributed by atoms with Crippen LogP contribution in [0.2, 0.25) is 0 Å². The third-order valence-corrected chi connectivity index (χ3v) is 3.70. The van der Waals surface area contributed by atoms with Crippen molar-refractivity contribution in [3.05, 3.63) is 29.8 Å². The van der Waals surface area contributed by atoms with Gasteiger partial charge in [-0.25, -0.2) is 0 Å². The van der Waals surface area contributed by atoms with Crippen molar-refractivity contribution >= 4 is 5.91 Å². The van der Waals surface area contributed by atoms with Crippen LogP contribution in [0, 0.1) is 0 Å². The maximum absolute atomic E-state index is 12.3. The number of rotatable bonds is 5. The fourth-order valence-electron chi connectivity index (χ4n) is 2.60. The van der Waals surface area contributed by atoms with E-state index in [1.807, 2.05) is 36.1 Å². The van der Waals surface area contributed by atoms with E-state index in [1.54, 1.807) is 0 Å². The normalized spacial score (nSPS) is 18.9. The molecule has 1 aliphatic rings. The quantitative estimate of drug-likeness (QED) is 0.892. The molecule has 1 unspecified atom stereocenters. The Bertz CT molecular complexity index is 448. The number of carbonyl (C=O) groups excluding carboxylic acids is 1. The summed E-state index contributed by atoms with van der Waals surface area (Å²) in [7, 11) is 0.